The molecule has 0 aromatic rings. The van der Waals surface area contributed by atoms with Gasteiger partial charge in [-0.1, -0.05) is 231 Å². The maximum atomic E-state index is 12.8. The Labute approximate surface area is 442 Å². The van der Waals surface area contributed by atoms with Gasteiger partial charge in [0.1, 0.15) is 13.2 Å². The molecule has 0 fully saturated rings. The van der Waals surface area contributed by atoms with E-state index >= 15 is 0 Å². The molecule has 0 spiro atoms. The molecule has 404 valence electrons. The number of carbonyl (C=O) groups excluding carboxylic acids is 3. The molecule has 0 aliphatic rings. The number of carbonyl (C=O) groups is 3. The fourth-order valence-electron chi connectivity index (χ4n) is 7.28. The third kappa shape index (κ3) is 56.2. The number of hydrogen-bond acceptors (Lipinski definition) is 6. The Morgan fingerprint density at radius 3 is 0.889 bits per heavy atom. The van der Waals surface area contributed by atoms with Crippen LogP contribution in [0, 0.1) is 0 Å². The zero-order chi connectivity index (χ0) is 52.2. The summed E-state index contributed by atoms with van der Waals surface area (Å²) in [6.45, 7) is 6.29. The molecule has 0 N–H and O–H groups in total. The van der Waals surface area contributed by atoms with E-state index in [9.17, 15) is 14.4 Å². The van der Waals surface area contributed by atoms with Crippen LogP contribution in [0.1, 0.15) is 233 Å². The second-order valence-corrected chi connectivity index (χ2v) is 18.4. The zero-order valence-corrected chi connectivity index (χ0v) is 46.1. The van der Waals surface area contributed by atoms with Crippen molar-refractivity contribution in [2.45, 2.75) is 239 Å². The predicted molar refractivity (Wildman–Crippen MR) is 311 cm³/mol. The van der Waals surface area contributed by atoms with Crippen molar-refractivity contribution in [3.63, 3.8) is 0 Å². The van der Waals surface area contributed by atoms with E-state index in [2.05, 4.69) is 167 Å². The van der Waals surface area contributed by atoms with Crippen molar-refractivity contribution >= 4 is 17.9 Å². The Hall–Kier alpha value is -4.71. The number of hydrogen-bond donors (Lipinski definition) is 0. The average molecular weight is 994 g/mol. The smallest absolute Gasteiger partial charge is 0.306 e. The summed E-state index contributed by atoms with van der Waals surface area (Å²) in [5.74, 6) is -1.01. The molecule has 0 saturated heterocycles. The van der Waals surface area contributed by atoms with Crippen molar-refractivity contribution in [2.24, 2.45) is 0 Å². The van der Waals surface area contributed by atoms with E-state index in [1.807, 2.05) is 0 Å². The van der Waals surface area contributed by atoms with Gasteiger partial charge in [0.15, 0.2) is 6.10 Å². The second-order valence-electron chi connectivity index (χ2n) is 18.4. The lowest BCUT2D eigenvalue weighted by Gasteiger charge is -2.18. The lowest BCUT2D eigenvalue weighted by Crippen LogP contribution is -2.30. The molecule has 0 rings (SSSR count). The second kappa shape index (κ2) is 58.9. The minimum absolute atomic E-state index is 0.117. The quantitative estimate of drug-likeness (QED) is 0.0261. The molecule has 1 atom stereocenters. The van der Waals surface area contributed by atoms with Gasteiger partial charge in [0.2, 0.25) is 0 Å². The summed E-state index contributed by atoms with van der Waals surface area (Å²) in [7, 11) is 0. The van der Waals surface area contributed by atoms with E-state index in [-0.39, 0.29) is 37.5 Å². The van der Waals surface area contributed by atoms with Gasteiger partial charge in [0.05, 0.1) is 0 Å². The molecule has 1 unspecified atom stereocenters. The summed E-state index contributed by atoms with van der Waals surface area (Å²) in [6, 6.07) is 0. The third-order valence-electron chi connectivity index (χ3n) is 11.6. The number of allylic oxidation sites excluding steroid dienone is 24. The van der Waals surface area contributed by atoms with Gasteiger partial charge in [-0.2, -0.15) is 0 Å². The molecule has 6 nitrogen and oxygen atoms in total. The van der Waals surface area contributed by atoms with E-state index in [1.165, 1.54) is 44.9 Å². The number of ether oxygens (including phenoxy) is 3. The van der Waals surface area contributed by atoms with E-state index in [1.54, 1.807) is 0 Å². The van der Waals surface area contributed by atoms with Crippen molar-refractivity contribution in [1.29, 1.82) is 0 Å². The first-order valence-electron chi connectivity index (χ1n) is 28.8. The monoisotopic (exact) mass is 993 g/mol. The standard InChI is InChI=1S/C66H104O6/c1-4-7-10-13-16-19-22-25-28-30-31-32-33-34-35-37-38-41-44-47-50-53-56-59-65(68)71-62-63(61-70-64(67)58-55-52-49-46-43-40-27-24-21-18-15-12-9-6-3)72-66(69)60-57-54-51-48-45-42-39-36-29-26-23-20-17-14-11-8-5-2/h7-8,10-11,15-20,24-29,31-32,34-35,39,42,48,51,63H,4-6,9,12-14,21-23,30,33,36-38,40-41,43-47,49-50,52-62H2,1-3H3/b10-7-,11-8-,18-15-,19-16-,20-17-,27-24-,28-25-,29-26-,32-31-,35-34-,42-39-,51-48-. The maximum Gasteiger partial charge on any atom is 0.306 e. The van der Waals surface area contributed by atoms with Gasteiger partial charge in [-0.25, -0.2) is 0 Å². The van der Waals surface area contributed by atoms with E-state index in [0.29, 0.717) is 19.3 Å². The number of rotatable bonds is 50. The molecule has 0 radical (unpaired) electrons. The van der Waals surface area contributed by atoms with Gasteiger partial charge in [-0.3, -0.25) is 14.4 Å². The maximum absolute atomic E-state index is 12.8. The average Bonchev–Trinajstić information content (AvgIpc) is 3.38. The first-order valence-corrected chi connectivity index (χ1v) is 28.8. The van der Waals surface area contributed by atoms with Crippen LogP contribution in [-0.4, -0.2) is 37.2 Å². The molecule has 6 heteroatoms. The number of esters is 3. The fraction of sp³-hybridized carbons (Fsp3) is 0.591. The highest BCUT2D eigenvalue weighted by atomic mass is 16.6. The first kappa shape index (κ1) is 67.3. The van der Waals surface area contributed by atoms with Gasteiger partial charge in [0, 0.05) is 19.3 Å². The topological polar surface area (TPSA) is 78.9 Å². The molecule has 0 aromatic carbocycles. The molecule has 0 aromatic heterocycles. The Morgan fingerprint density at radius 1 is 0.292 bits per heavy atom. The normalized spacial score (nSPS) is 13.2. The van der Waals surface area contributed by atoms with Crippen LogP contribution in [0.25, 0.3) is 0 Å². The summed E-state index contributed by atoms with van der Waals surface area (Å²) in [5, 5.41) is 0. The van der Waals surface area contributed by atoms with E-state index in [4.69, 9.17) is 14.2 Å². The van der Waals surface area contributed by atoms with Crippen LogP contribution < -0.4 is 0 Å². The summed E-state index contributed by atoms with van der Waals surface area (Å²) < 4.78 is 16.8. The molecule has 0 heterocycles. The van der Waals surface area contributed by atoms with Gasteiger partial charge >= 0.3 is 17.9 Å². The lowest BCUT2D eigenvalue weighted by atomic mass is 10.1. The van der Waals surface area contributed by atoms with Crippen LogP contribution in [0.2, 0.25) is 0 Å². The summed E-state index contributed by atoms with van der Waals surface area (Å²) >= 11 is 0. The van der Waals surface area contributed by atoms with Crippen LogP contribution in [0.5, 0.6) is 0 Å². The van der Waals surface area contributed by atoms with Crippen molar-refractivity contribution in [2.75, 3.05) is 13.2 Å². The van der Waals surface area contributed by atoms with Crippen molar-refractivity contribution in [3.8, 4) is 0 Å². The highest BCUT2D eigenvalue weighted by Crippen LogP contribution is 2.13. The minimum Gasteiger partial charge on any atom is -0.462 e. The molecule has 0 aliphatic carbocycles. The molecule has 72 heavy (non-hydrogen) atoms. The van der Waals surface area contributed by atoms with Crippen LogP contribution in [-0.2, 0) is 28.6 Å². The summed E-state index contributed by atoms with van der Waals surface area (Å²) in [6.07, 6.45) is 84.1. The molecular formula is C66H104O6. The minimum atomic E-state index is -0.825. The highest BCUT2D eigenvalue weighted by molar-refractivity contribution is 5.71. The van der Waals surface area contributed by atoms with Gasteiger partial charge in [-0.15, -0.1) is 0 Å². The van der Waals surface area contributed by atoms with E-state index < -0.39 is 6.10 Å². The van der Waals surface area contributed by atoms with Gasteiger partial charge in [-0.05, 0) is 128 Å². The van der Waals surface area contributed by atoms with Crippen LogP contribution in [0.15, 0.2) is 146 Å². The third-order valence-corrected chi connectivity index (χ3v) is 11.6. The summed E-state index contributed by atoms with van der Waals surface area (Å²) in [4.78, 5) is 38.2. The molecule has 0 saturated carbocycles. The Bertz CT molecular complexity index is 1610. The van der Waals surface area contributed by atoms with Crippen molar-refractivity contribution in [3.05, 3.63) is 146 Å². The lowest BCUT2D eigenvalue weighted by molar-refractivity contribution is -0.167. The Morgan fingerprint density at radius 2 is 0.556 bits per heavy atom. The Balaban J connectivity index is 4.50. The zero-order valence-electron chi connectivity index (χ0n) is 46.1. The van der Waals surface area contributed by atoms with Crippen LogP contribution in [0.3, 0.4) is 0 Å². The Kier molecular flexibility index (Phi) is 55.0. The van der Waals surface area contributed by atoms with Crippen LogP contribution in [0.4, 0.5) is 0 Å². The highest BCUT2D eigenvalue weighted by Gasteiger charge is 2.19. The fourth-order valence-corrected chi connectivity index (χ4v) is 7.28. The van der Waals surface area contributed by atoms with E-state index in [0.717, 1.165) is 141 Å². The van der Waals surface area contributed by atoms with Crippen molar-refractivity contribution in [1.82, 2.24) is 0 Å². The number of unbranched alkanes of at least 4 members (excludes halogenated alkanes) is 15. The molecule has 0 bridgehead atoms. The predicted octanol–water partition coefficient (Wildman–Crippen LogP) is 19.6. The van der Waals surface area contributed by atoms with Crippen LogP contribution >= 0.6 is 0 Å². The summed E-state index contributed by atoms with van der Waals surface area (Å²) in [5.41, 5.74) is 0. The largest absolute Gasteiger partial charge is 0.462 e. The van der Waals surface area contributed by atoms with Crippen molar-refractivity contribution < 1.29 is 28.6 Å². The SMILES string of the molecule is CC/C=C\C/C=C\C/C=C\C/C=C\C/C=C\CCCCCCCCCC(=O)OCC(COC(=O)CCCCCCC/C=C\C/C=C\CCCC)OC(=O)CCC/C=C\C/C=C\C/C=C\C/C=C\C/C=C\CC. The molecular weight excluding hydrogens is 889 g/mol. The molecule has 0 aliphatic heterocycles. The van der Waals surface area contributed by atoms with Gasteiger partial charge < -0.3 is 14.2 Å². The molecule has 0 amide bonds. The van der Waals surface area contributed by atoms with Gasteiger partial charge in [0.25, 0.3) is 0 Å². The first-order chi connectivity index (χ1) is 35.5.